The molecule has 0 spiro atoms. The minimum Gasteiger partial charge on any atom is -0.497 e. The van der Waals surface area contributed by atoms with Gasteiger partial charge in [0, 0.05) is 30.2 Å². The van der Waals surface area contributed by atoms with Gasteiger partial charge in [-0.3, -0.25) is 4.98 Å². The van der Waals surface area contributed by atoms with Crippen LogP contribution >= 0.6 is 0 Å². The van der Waals surface area contributed by atoms with Crippen molar-refractivity contribution in [2.24, 2.45) is 5.92 Å². The van der Waals surface area contributed by atoms with Gasteiger partial charge in [0.25, 0.3) is 0 Å². The van der Waals surface area contributed by atoms with Gasteiger partial charge in [-0.2, -0.15) is 5.10 Å². The summed E-state index contributed by atoms with van der Waals surface area (Å²) in [6, 6.07) is 7.91. The maximum absolute atomic E-state index is 5.38. The molecule has 0 unspecified atom stereocenters. The second-order valence-corrected chi connectivity index (χ2v) is 6.89. The lowest BCUT2D eigenvalue weighted by molar-refractivity contribution is 0.415. The Bertz CT molecular complexity index is 1110. The van der Waals surface area contributed by atoms with Crippen LogP contribution in [-0.4, -0.2) is 39.8 Å². The number of rotatable bonds is 3. The molecule has 4 aromatic rings. The summed E-state index contributed by atoms with van der Waals surface area (Å²) in [5.74, 6) is 1.56. The first kappa shape index (κ1) is 15.1. The van der Waals surface area contributed by atoms with Crippen molar-refractivity contribution < 1.29 is 4.74 Å². The van der Waals surface area contributed by atoms with Crippen molar-refractivity contribution in [3.63, 3.8) is 0 Å². The van der Waals surface area contributed by atoms with Crippen LogP contribution < -0.4 is 9.64 Å². The molecule has 1 aliphatic heterocycles. The second-order valence-electron chi connectivity index (χ2n) is 6.89. The number of anilines is 1. The molecule has 6 heteroatoms. The van der Waals surface area contributed by atoms with E-state index in [0.717, 1.165) is 58.1 Å². The van der Waals surface area contributed by atoms with Crippen molar-refractivity contribution in [3.8, 4) is 16.9 Å². The smallest absolute Gasteiger partial charge is 0.162 e. The van der Waals surface area contributed by atoms with E-state index in [4.69, 9.17) is 9.72 Å². The zero-order valence-electron chi connectivity index (χ0n) is 14.8. The van der Waals surface area contributed by atoms with E-state index >= 15 is 0 Å². The average molecular weight is 345 g/mol. The summed E-state index contributed by atoms with van der Waals surface area (Å²) < 4.78 is 7.24. The third kappa shape index (κ3) is 2.29. The maximum atomic E-state index is 5.38. The molecule has 0 amide bonds. The Balaban J connectivity index is 1.64. The summed E-state index contributed by atoms with van der Waals surface area (Å²) in [6.45, 7) is 4.42. The van der Waals surface area contributed by atoms with Gasteiger partial charge in [-0.05, 0) is 35.7 Å². The number of nitrogens with zero attached hydrogens (tertiary/aromatic N) is 5. The normalized spacial score (nSPS) is 14.8. The van der Waals surface area contributed by atoms with E-state index in [0.29, 0.717) is 0 Å². The van der Waals surface area contributed by atoms with E-state index < -0.39 is 0 Å². The fourth-order valence-corrected chi connectivity index (χ4v) is 3.62. The molecule has 130 valence electrons. The third-order valence-electron chi connectivity index (χ3n) is 5.01. The maximum Gasteiger partial charge on any atom is 0.162 e. The van der Waals surface area contributed by atoms with Crippen LogP contribution in [-0.2, 0) is 0 Å². The van der Waals surface area contributed by atoms with Gasteiger partial charge in [0.05, 0.1) is 36.9 Å². The molecule has 3 aromatic heterocycles. The van der Waals surface area contributed by atoms with Crippen molar-refractivity contribution >= 4 is 22.2 Å². The summed E-state index contributed by atoms with van der Waals surface area (Å²) >= 11 is 0. The first-order valence-corrected chi connectivity index (χ1v) is 8.74. The molecular formula is C20H19N5O. The van der Waals surface area contributed by atoms with Crippen molar-refractivity contribution in [2.45, 2.75) is 6.92 Å². The van der Waals surface area contributed by atoms with E-state index in [1.807, 2.05) is 47.4 Å². The monoisotopic (exact) mass is 345 g/mol. The average Bonchev–Trinajstić information content (AvgIpc) is 3.07. The molecule has 1 saturated heterocycles. The molecule has 0 bridgehead atoms. The highest BCUT2D eigenvalue weighted by atomic mass is 16.5. The highest BCUT2D eigenvalue weighted by molar-refractivity contribution is 5.98. The third-order valence-corrected chi connectivity index (χ3v) is 5.01. The molecule has 1 aliphatic rings. The van der Waals surface area contributed by atoms with E-state index in [2.05, 4.69) is 28.1 Å². The minimum atomic E-state index is 0.747. The quantitative estimate of drug-likeness (QED) is 0.569. The van der Waals surface area contributed by atoms with Gasteiger partial charge in [-0.1, -0.05) is 6.92 Å². The predicted molar refractivity (Wildman–Crippen MR) is 102 cm³/mol. The first-order chi connectivity index (χ1) is 12.7. The van der Waals surface area contributed by atoms with Gasteiger partial charge in [0.15, 0.2) is 5.65 Å². The van der Waals surface area contributed by atoms with Crippen LogP contribution in [0.3, 0.4) is 0 Å². The number of methoxy groups -OCH3 is 1. The highest BCUT2D eigenvalue weighted by Gasteiger charge is 2.23. The molecule has 1 aromatic carbocycles. The minimum absolute atomic E-state index is 0.747. The number of benzene rings is 1. The molecule has 0 N–H and O–H groups in total. The molecule has 6 nitrogen and oxygen atoms in total. The standard InChI is InChI=1S/C20H19N5O/c1-13-10-24(11-13)14-8-22-20-18(9-23-25(20)12-14)16-5-6-21-19-4-3-15(26-2)7-17(16)19/h3-9,12-13H,10-11H2,1-2H3. The Labute approximate surface area is 151 Å². The van der Waals surface area contributed by atoms with Crippen LogP contribution in [0.2, 0.25) is 0 Å². The Kier molecular flexibility index (Phi) is 3.31. The number of ether oxygens (including phenoxy) is 1. The Morgan fingerprint density at radius 2 is 1.96 bits per heavy atom. The molecule has 0 aliphatic carbocycles. The summed E-state index contributed by atoms with van der Waals surface area (Å²) in [5, 5.41) is 5.57. The van der Waals surface area contributed by atoms with Gasteiger partial charge in [-0.15, -0.1) is 0 Å². The summed E-state index contributed by atoms with van der Waals surface area (Å²) in [7, 11) is 1.67. The van der Waals surface area contributed by atoms with E-state index in [-0.39, 0.29) is 0 Å². The van der Waals surface area contributed by atoms with E-state index in [1.54, 1.807) is 7.11 Å². The largest absolute Gasteiger partial charge is 0.497 e. The zero-order valence-corrected chi connectivity index (χ0v) is 14.8. The molecule has 26 heavy (non-hydrogen) atoms. The van der Waals surface area contributed by atoms with Crippen LogP contribution in [0.4, 0.5) is 5.69 Å². The van der Waals surface area contributed by atoms with Crippen molar-refractivity contribution in [2.75, 3.05) is 25.1 Å². The SMILES string of the molecule is COc1ccc2nccc(-c3cnn4cc(N5CC(C)C5)cnc34)c2c1. The topological polar surface area (TPSA) is 55.6 Å². The molecule has 4 heterocycles. The molecular weight excluding hydrogens is 326 g/mol. The number of pyridine rings is 1. The predicted octanol–water partition coefficient (Wildman–Crippen LogP) is 3.41. The number of fused-ring (bicyclic) bond motifs is 2. The summed E-state index contributed by atoms with van der Waals surface area (Å²) in [5.41, 5.74) is 4.94. The van der Waals surface area contributed by atoms with Crippen LogP contribution in [0.15, 0.2) is 49.1 Å². The van der Waals surface area contributed by atoms with Gasteiger partial charge in [-0.25, -0.2) is 9.50 Å². The number of aromatic nitrogens is 4. The van der Waals surface area contributed by atoms with E-state index in [1.165, 1.54) is 0 Å². The van der Waals surface area contributed by atoms with Crippen LogP contribution in [0.25, 0.3) is 27.7 Å². The molecule has 5 rings (SSSR count). The zero-order chi connectivity index (χ0) is 17.7. The lowest BCUT2D eigenvalue weighted by Crippen LogP contribution is -2.45. The lowest BCUT2D eigenvalue weighted by atomic mass is 10.0. The number of hydrogen-bond acceptors (Lipinski definition) is 5. The van der Waals surface area contributed by atoms with Crippen molar-refractivity contribution in [1.82, 2.24) is 19.6 Å². The van der Waals surface area contributed by atoms with Gasteiger partial charge < -0.3 is 9.64 Å². The number of hydrogen-bond donors (Lipinski definition) is 0. The fourth-order valence-electron chi connectivity index (χ4n) is 3.62. The molecule has 1 fully saturated rings. The van der Waals surface area contributed by atoms with Gasteiger partial charge in [0.2, 0.25) is 0 Å². The molecule has 0 radical (unpaired) electrons. The molecule has 0 atom stereocenters. The van der Waals surface area contributed by atoms with Crippen LogP contribution in [0, 0.1) is 5.92 Å². The van der Waals surface area contributed by atoms with Gasteiger partial charge in [0.1, 0.15) is 5.75 Å². The first-order valence-electron chi connectivity index (χ1n) is 8.74. The van der Waals surface area contributed by atoms with Crippen LogP contribution in [0.5, 0.6) is 5.75 Å². The summed E-state index contributed by atoms with van der Waals surface area (Å²) in [6.07, 6.45) is 7.70. The highest BCUT2D eigenvalue weighted by Crippen LogP contribution is 2.33. The Morgan fingerprint density at radius 1 is 1.08 bits per heavy atom. The van der Waals surface area contributed by atoms with Crippen molar-refractivity contribution in [1.29, 1.82) is 0 Å². The Morgan fingerprint density at radius 3 is 2.77 bits per heavy atom. The lowest BCUT2D eigenvalue weighted by Gasteiger charge is -2.38. The Hall–Kier alpha value is -3.15. The summed E-state index contributed by atoms with van der Waals surface area (Å²) in [4.78, 5) is 11.5. The van der Waals surface area contributed by atoms with Crippen LogP contribution in [0.1, 0.15) is 6.92 Å². The van der Waals surface area contributed by atoms with Gasteiger partial charge >= 0.3 is 0 Å². The molecule has 0 saturated carbocycles. The van der Waals surface area contributed by atoms with E-state index in [9.17, 15) is 0 Å². The fraction of sp³-hybridized carbons (Fsp3) is 0.250. The van der Waals surface area contributed by atoms with Crippen molar-refractivity contribution in [3.05, 3.63) is 49.1 Å². The second kappa shape index (κ2) is 5.69.